The maximum absolute atomic E-state index is 14.3. The largest absolute Gasteiger partial charge is 0.459 e. The quantitative estimate of drug-likeness (QED) is 0.0485. The molecule has 0 amide bonds. The molecule has 1 radical (unpaired) electrons. The standard InChI is InChI=1S/C41H70N2O13.C36H67NO12.C4H12N2.Ac/c1-14-29-41(12,49)33(45)25(6)24(5)22(3)18-39(10,48)34(55-37-31(44)21(2)17-23(4)51-37)26(7)32(27(8)36(46)53-29)54-30-19-40(11,50-13)35(28(9)52-30)56-38(47)43-16-15-42-20-43;1-13-24-36(11,43)29(39)20(5)26(37)18(3)15-34(9,42)31(49-33-27(38)17(2)14-19(4)45-33)21(6)28(22(7)32(41)47-24)48-25-16-35(10,44-12)30(40)23(8)46-25;5-3-1-2-4-6;/h15-16,20-35,37,44-45,48-49H,14,17-19H2,1-13H3;17-31,33,38-40,42-43H,13-16,37H2,1-12H3;1-6H2;/t21?,22-,23?,24+,25+,26+,27-,28?,29-,30?,31?,32+,33-,34-,35?,37?,39-,40?,41-;17?,18-,19?,20+,21+,22-,23?,24-,25?,26+,27?,28+,29-,30?,31-,33?,34-,35?,36-;;/m11../s1. The van der Waals surface area contributed by atoms with Crippen molar-refractivity contribution in [3.05, 3.63) is 18.7 Å². The van der Waals surface area contributed by atoms with Gasteiger partial charge in [-0.2, -0.15) is 0 Å². The number of unbranched alkanes of at least 4 members (excludes halogenated alkanes) is 1. The number of aliphatic hydroxyl groups excluding tert-OH is 5. The molecular weight excluding hydrogens is 1670 g/mol. The molecule has 16 unspecified atom stereocenters. The van der Waals surface area contributed by atoms with Gasteiger partial charge in [0.15, 0.2) is 31.3 Å². The number of nitrogens with two attached hydrogens (primary N) is 3. The number of methoxy groups -OCH3 is 2. The van der Waals surface area contributed by atoms with Crippen molar-refractivity contribution in [2.45, 2.75) is 386 Å². The first kappa shape index (κ1) is 103. The van der Waals surface area contributed by atoms with Crippen LogP contribution in [-0.2, 0) is 71.2 Å². The zero-order valence-corrected chi connectivity index (χ0v) is 76.7. The van der Waals surface area contributed by atoms with Gasteiger partial charge in [-0.25, -0.2) is 14.3 Å². The second-order valence-electron chi connectivity index (χ2n) is 35.4. The number of hydrogen-bond acceptors (Lipinski definition) is 29. The maximum atomic E-state index is 14.3. The van der Waals surface area contributed by atoms with E-state index in [0.717, 1.165) is 25.9 Å². The number of rotatable bonds is 16. The molecule has 0 saturated carbocycles. The number of imidazole rings is 1. The minimum Gasteiger partial charge on any atom is -0.459 e. The van der Waals surface area contributed by atoms with Crippen molar-refractivity contribution in [3.8, 4) is 0 Å². The van der Waals surface area contributed by atoms with Gasteiger partial charge in [-0.05, 0) is 183 Å². The van der Waals surface area contributed by atoms with E-state index in [1.165, 1.54) is 51.4 Å². The van der Waals surface area contributed by atoms with Crippen LogP contribution in [0.3, 0.4) is 0 Å². The van der Waals surface area contributed by atoms with Crippen molar-refractivity contribution >= 4 is 18.0 Å². The number of hydrogen-bond donors (Lipinski definition) is 12. The summed E-state index contributed by atoms with van der Waals surface area (Å²) < 4.78 is 82.2. The van der Waals surface area contributed by atoms with E-state index in [-0.39, 0.29) is 118 Å². The number of esters is 2. The average Bonchev–Trinajstić information content (AvgIpc) is 0.807. The fourth-order valence-electron chi connectivity index (χ4n) is 17.9. The zero-order chi connectivity index (χ0) is 84.3. The molecular formula is C81H149AcN5O25. The third-order valence-electron chi connectivity index (χ3n) is 25.7. The fraction of sp³-hybridized carbons (Fsp3) is 0.926. The number of aliphatic hydroxyl groups is 9. The molecule has 6 aliphatic rings. The summed E-state index contributed by atoms with van der Waals surface area (Å²) in [7, 11) is 3.00. The number of nitrogens with zero attached hydrogens (tertiary/aromatic N) is 2. The molecule has 7 rings (SSSR count). The number of carbonyl (C=O) groups excluding carboxylic acids is 3. The second-order valence-corrected chi connectivity index (χ2v) is 35.4. The number of carbonyl (C=O) groups is 3. The van der Waals surface area contributed by atoms with Gasteiger partial charge in [0.2, 0.25) is 0 Å². The second kappa shape index (κ2) is 43.6. The Labute approximate surface area is 703 Å². The van der Waals surface area contributed by atoms with Crippen molar-refractivity contribution in [1.82, 2.24) is 9.55 Å². The Bertz CT molecular complexity index is 2960. The smallest absolute Gasteiger partial charge is 0.419 e. The maximum Gasteiger partial charge on any atom is 0.419 e. The first-order chi connectivity index (χ1) is 51.4. The van der Waals surface area contributed by atoms with Crippen LogP contribution in [0.1, 0.15) is 223 Å². The Kier molecular flexibility index (Phi) is 39.9. The van der Waals surface area contributed by atoms with E-state index >= 15 is 0 Å². The monoisotopic (exact) mass is 1820 g/mol. The fourth-order valence-corrected chi connectivity index (χ4v) is 17.9. The zero-order valence-electron chi connectivity index (χ0n) is 72.0. The van der Waals surface area contributed by atoms with Crippen LogP contribution in [0.4, 0.5) is 4.79 Å². The van der Waals surface area contributed by atoms with Gasteiger partial charge in [-0.15, -0.1) is 0 Å². The summed E-state index contributed by atoms with van der Waals surface area (Å²) in [6.07, 6.45) is -10.8. The van der Waals surface area contributed by atoms with Crippen LogP contribution in [-0.4, -0.2) is 263 Å². The van der Waals surface area contributed by atoms with Crippen LogP contribution in [0.15, 0.2) is 18.7 Å². The average molecular weight is 1820 g/mol. The third-order valence-corrected chi connectivity index (χ3v) is 25.7. The molecule has 0 aliphatic carbocycles. The van der Waals surface area contributed by atoms with E-state index in [9.17, 15) is 60.3 Å². The van der Waals surface area contributed by atoms with E-state index in [4.69, 9.17) is 78.8 Å². The van der Waals surface area contributed by atoms with Crippen molar-refractivity contribution in [3.63, 3.8) is 0 Å². The van der Waals surface area contributed by atoms with Gasteiger partial charge in [-0.1, -0.05) is 76.2 Å². The van der Waals surface area contributed by atoms with Gasteiger partial charge < -0.3 is 125 Å². The van der Waals surface area contributed by atoms with Gasteiger partial charge in [0, 0.05) is 107 Å². The third kappa shape index (κ3) is 25.2. The summed E-state index contributed by atoms with van der Waals surface area (Å²) >= 11 is 0. The SMILES string of the molecule is CC[C@H]1OC(=O)[C@H](C)[C@@H](OC2CC(C)(OC)C(O)C(C)O2)[C@H](C)[C@@H](OC2OC(C)CC(C)C2O)[C@](C)(O)C[C@@H](C)[C@H](N)[C@H](C)[C@@H](O)[C@]1(C)O.CC[C@H]1OC(=O)[C@H](C)[C@@H](OC2CC(C)(OC)C(OC(=O)n3ccnc3)C(C)O2)[C@H](C)[C@@H](OC2OC(C)CC(C)C2O)[C@](C)(O)C[C@@H](C)[C@H](C)[C@H](C)[C@@H](O)[C@]1(C)O.NCCCCN.[Ac]. The molecule has 112 heavy (non-hydrogen) atoms. The molecule has 7 heterocycles. The molecule has 0 aromatic carbocycles. The van der Waals surface area contributed by atoms with Crippen LogP contribution < -0.4 is 17.2 Å². The summed E-state index contributed by atoms with van der Waals surface area (Å²) in [6, 6.07) is -0.683. The van der Waals surface area contributed by atoms with Gasteiger partial charge in [0.1, 0.15) is 53.7 Å². The minimum atomic E-state index is -1.85. The molecule has 38 atom stereocenters. The first-order valence-corrected chi connectivity index (χ1v) is 40.8. The van der Waals surface area contributed by atoms with Gasteiger partial charge in [-0.3, -0.25) is 9.59 Å². The van der Waals surface area contributed by atoms with Crippen LogP contribution in [0.5, 0.6) is 0 Å². The normalized spacial score (nSPS) is 47.2. The Morgan fingerprint density at radius 3 is 1.32 bits per heavy atom. The van der Waals surface area contributed by atoms with Gasteiger partial charge in [0.05, 0.1) is 89.7 Å². The van der Waals surface area contributed by atoms with Crippen molar-refractivity contribution in [2.24, 2.45) is 82.3 Å². The van der Waals surface area contributed by atoms with Gasteiger partial charge >= 0.3 is 18.0 Å². The van der Waals surface area contributed by atoms with E-state index in [1.54, 1.807) is 83.1 Å². The van der Waals surface area contributed by atoms with Crippen molar-refractivity contribution < 1.29 is 166 Å². The van der Waals surface area contributed by atoms with Crippen molar-refractivity contribution in [2.75, 3.05) is 27.3 Å². The van der Waals surface area contributed by atoms with E-state index < -0.39 is 210 Å². The summed E-state index contributed by atoms with van der Waals surface area (Å²) in [5.41, 5.74) is 8.03. The topological polar surface area (TPSA) is 449 Å². The summed E-state index contributed by atoms with van der Waals surface area (Å²) in [6.45, 7) is 42.1. The predicted molar refractivity (Wildman–Crippen MR) is 412 cm³/mol. The number of aromatic nitrogens is 2. The predicted octanol–water partition coefficient (Wildman–Crippen LogP) is 6.38. The Morgan fingerprint density at radius 1 is 0.527 bits per heavy atom. The van der Waals surface area contributed by atoms with Crippen LogP contribution in [0, 0.1) is 109 Å². The molecule has 0 spiro atoms. The Morgan fingerprint density at radius 2 is 0.929 bits per heavy atom. The molecule has 6 fully saturated rings. The van der Waals surface area contributed by atoms with E-state index in [1.807, 2.05) is 62.3 Å². The van der Waals surface area contributed by atoms with E-state index in [0.29, 0.717) is 12.8 Å². The molecule has 6 aliphatic heterocycles. The molecule has 1 aromatic heterocycles. The molecule has 651 valence electrons. The molecule has 0 bridgehead atoms. The number of ether oxygens (including phenoxy) is 13. The summed E-state index contributed by atoms with van der Waals surface area (Å²) in [5.74, 6) is -7.17. The minimum absolute atomic E-state index is 0. The number of cyclic esters (lactones) is 2. The molecule has 6 saturated heterocycles. The van der Waals surface area contributed by atoms with Crippen LogP contribution >= 0.6 is 0 Å². The first-order valence-electron chi connectivity index (χ1n) is 40.8. The van der Waals surface area contributed by atoms with Gasteiger partial charge in [0.25, 0.3) is 0 Å². The molecule has 30 nitrogen and oxygen atoms in total. The van der Waals surface area contributed by atoms with E-state index in [2.05, 4.69) is 4.98 Å². The summed E-state index contributed by atoms with van der Waals surface area (Å²) in [4.78, 5) is 45.2. The molecule has 1 aromatic rings. The Balaban J connectivity index is 0.000000439. The Hall–Kier alpha value is -1.82. The molecule has 15 N–H and O–H groups in total. The van der Waals surface area contributed by atoms with Crippen molar-refractivity contribution in [1.29, 1.82) is 0 Å². The van der Waals surface area contributed by atoms with Crippen LogP contribution in [0.25, 0.3) is 0 Å². The molecule has 31 heteroatoms. The van der Waals surface area contributed by atoms with Crippen LogP contribution in [0.2, 0.25) is 0 Å². The summed E-state index contributed by atoms with van der Waals surface area (Å²) in [5, 5.41) is 105.